The number of piperazine rings is 1. The third-order valence-corrected chi connectivity index (χ3v) is 3.66. The van der Waals surface area contributed by atoms with E-state index in [0.29, 0.717) is 19.6 Å². The van der Waals surface area contributed by atoms with Gasteiger partial charge in [0.25, 0.3) is 0 Å². The van der Waals surface area contributed by atoms with Gasteiger partial charge in [-0.05, 0) is 12.1 Å². The van der Waals surface area contributed by atoms with Gasteiger partial charge in [-0.25, -0.2) is 0 Å². The van der Waals surface area contributed by atoms with E-state index in [1.165, 1.54) is 5.69 Å². The zero-order valence-corrected chi connectivity index (χ0v) is 13.2. The molecule has 0 aromatic heterocycles. The number of nitrogens with one attached hydrogen (secondary N) is 1. The minimum atomic E-state index is -0.244. The third kappa shape index (κ3) is 5.41. The number of ether oxygens (including phenoxy) is 1. The molecule has 6 nitrogen and oxygen atoms in total. The summed E-state index contributed by atoms with van der Waals surface area (Å²) in [6.07, 6.45) is 1.59. The Morgan fingerprint density at radius 3 is 2.48 bits per heavy atom. The Morgan fingerprint density at radius 1 is 1.13 bits per heavy atom. The van der Waals surface area contributed by atoms with E-state index in [4.69, 9.17) is 4.74 Å². The molecule has 1 aromatic carbocycles. The first-order valence-corrected chi connectivity index (χ1v) is 7.74. The molecule has 0 radical (unpaired) electrons. The number of benzene rings is 1. The van der Waals surface area contributed by atoms with Crippen LogP contribution in [-0.4, -0.2) is 62.7 Å². The summed E-state index contributed by atoms with van der Waals surface area (Å²) < 4.78 is 5.17. The maximum Gasteiger partial charge on any atom is 0.248 e. The van der Waals surface area contributed by atoms with Crippen molar-refractivity contribution in [3.63, 3.8) is 0 Å². The number of rotatable bonds is 7. The average Bonchev–Trinajstić information content (AvgIpc) is 2.60. The summed E-state index contributed by atoms with van der Waals surface area (Å²) >= 11 is 0. The molecule has 1 aliphatic rings. The summed E-state index contributed by atoms with van der Waals surface area (Å²) in [6.45, 7) is 6.68. The Bertz CT molecular complexity index is 525. The summed E-state index contributed by atoms with van der Waals surface area (Å²) in [4.78, 5) is 27.5. The van der Waals surface area contributed by atoms with Crippen LogP contribution in [-0.2, 0) is 14.3 Å². The van der Waals surface area contributed by atoms with Gasteiger partial charge >= 0.3 is 0 Å². The van der Waals surface area contributed by atoms with Crippen LogP contribution in [0.25, 0.3) is 0 Å². The number of nitrogens with zero attached hydrogens (tertiary/aromatic N) is 2. The molecule has 1 saturated heterocycles. The zero-order valence-electron chi connectivity index (χ0n) is 13.2. The molecule has 0 saturated carbocycles. The Kier molecular flexibility index (Phi) is 6.62. The smallest absolute Gasteiger partial charge is 0.248 e. The van der Waals surface area contributed by atoms with Crippen LogP contribution in [0.2, 0.25) is 0 Å². The fourth-order valence-corrected chi connectivity index (χ4v) is 2.41. The topological polar surface area (TPSA) is 61.9 Å². The third-order valence-electron chi connectivity index (χ3n) is 3.66. The average molecular weight is 317 g/mol. The fraction of sp³-hybridized carbons (Fsp3) is 0.412. The van der Waals surface area contributed by atoms with Crippen LogP contribution >= 0.6 is 0 Å². The van der Waals surface area contributed by atoms with Gasteiger partial charge < -0.3 is 19.9 Å². The number of para-hydroxylation sites is 1. The molecule has 124 valence electrons. The van der Waals surface area contributed by atoms with E-state index in [1.54, 1.807) is 11.0 Å². The van der Waals surface area contributed by atoms with Gasteiger partial charge in [-0.2, -0.15) is 0 Å². The monoisotopic (exact) mass is 317 g/mol. The van der Waals surface area contributed by atoms with Crippen LogP contribution in [0.1, 0.15) is 0 Å². The van der Waals surface area contributed by atoms with Crippen LogP contribution in [0.5, 0.6) is 0 Å². The minimum Gasteiger partial charge on any atom is -0.368 e. The van der Waals surface area contributed by atoms with Gasteiger partial charge in [0, 0.05) is 38.4 Å². The first-order valence-electron chi connectivity index (χ1n) is 7.74. The van der Waals surface area contributed by atoms with Crippen LogP contribution < -0.4 is 10.2 Å². The predicted octanol–water partition coefficient (Wildman–Crippen LogP) is 0.654. The molecule has 0 bridgehead atoms. The van der Waals surface area contributed by atoms with Crippen LogP contribution in [0, 0.1) is 0 Å². The molecule has 2 amide bonds. The van der Waals surface area contributed by atoms with Gasteiger partial charge in [-0.3, -0.25) is 9.59 Å². The first kappa shape index (κ1) is 17.0. The predicted molar refractivity (Wildman–Crippen MR) is 89.3 cm³/mol. The maximum atomic E-state index is 12.1. The normalized spacial score (nSPS) is 14.4. The van der Waals surface area contributed by atoms with E-state index in [2.05, 4.69) is 28.9 Å². The van der Waals surface area contributed by atoms with E-state index in [9.17, 15) is 9.59 Å². The molecule has 6 heteroatoms. The largest absolute Gasteiger partial charge is 0.368 e. The van der Waals surface area contributed by atoms with Crippen LogP contribution in [0.15, 0.2) is 43.0 Å². The lowest BCUT2D eigenvalue weighted by Crippen LogP contribution is -2.50. The second-order valence-corrected chi connectivity index (χ2v) is 5.29. The molecule has 0 unspecified atom stereocenters. The molecule has 1 aliphatic heterocycles. The summed E-state index contributed by atoms with van der Waals surface area (Å²) in [5.41, 5.74) is 1.18. The van der Waals surface area contributed by atoms with Crippen molar-refractivity contribution in [3.05, 3.63) is 43.0 Å². The number of amides is 2. The van der Waals surface area contributed by atoms with Gasteiger partial charge in [0.15, 0.2) is 0 Å². The van der Waals surface area contributed by atoms with Crippen molar-refractivity contribution < 1.29 is 14.3 Å². The molecular formula is C17H23N3O3. The molecule has 0 spiro atoms. The van der Waals surface area contributed by atoms with Gasteiger partial charge in [0.1, 0.15) is 13.2 Å². The highest BCUT2D eigenvalue weighted by Gasteiger charge is 2.21. The summed E-state index contributed by atoms with van der Waals surface area (Å²) in [5.74, 6) is -0.319. The van der Waals surface area contributed by atoms with E-state index in [0.717, 1.165) is 13.1 Å². The van der Waals surface area contributed by atoms with E-state index >= 15 is 0 Å². The molecule has 1 fully saturated rings. The van der Waals surface area contributed by atoms with Crippen LogP contribution in [0.3, 0.4) is 0 Å². The van der Waals surface area contributed by atoms with Gasteiger partial charge in [0.05, 0.1) is 0 Å². The number of hydrogen-bond acceptors (Lipinski definition) is 4. The number of carbonyl (C=O) groups excluding carboxylic acids is 2. The summed E-state index contributed by atoms with van der Waals surface area (Å²) in [7, 11) is 0. The highest BCUT2D eigenvalue weighted by molar-refractivity contribution is 5.80. The van der Waals surface area contributed by atoms with Gasteiger partial charge in [-0.1, -0.05) is 24.3 Å². The Balaban J connectivity index is 1.67. The molecule has 23 heavy (non-hydrogen) atoms. The Morgan fingerprint density at radius 2 is 1.83 bits per heavy atom. The van der Waals surface area contributed by atoms with Crippen molar-refractivity contribution >= 4 is 17.5 Å². The molecule has 0 atom stereocenters. The molecule has 1 aromatic rings. The van der Waals surface area contributed by atoms with Crippen molar-refractivity contribution in [2.75, 3.05) is 50.8 Å². The van der Waals surface area contributed by atoms with Crippen molar-refractivity contribution in [1.29, 1.82) is 0 Å². The molecule has 0 aliphatic carbocycles. The number of carbonyl (C=O) groups is 2. The Hall–Kier alpha value is -2.34. The minimum absolute atomic E-state index is 0.0627. The van der Waals surface area contributed by atoms with Crippen molar-refractivity contribution in [2.45, 2.75) is 0 Å². The second-order valence-electron chi connectivity index (χ2n) is 5.29. The summed E-state index contributed by atoms with van der Waals surface area (Å²) in [6, 6.07) is 10.2. The van der Waals surface area contributed by atoms with Crippen molar-refractivity contribution in [3.8, 4) is 0 Å². The van der Waals surface area contributed by atoms with E-state index in [-0.39, 0.29) is 25.0 Å². The SMILES string of the molecule is C=CCNC(=O)COCC(=O)N1CCN(c2ccccc2)CC1. The number of anilines is 1. The molecule has 1 heterocycles. The standard InChI is InChI=1S/C17H23N3O3/c1-2-8-18-16(21)13-23-14-17(22)20-11-9-19(10-12-20)15-6-4-3-5-7-15/h2-7H,1,8-14H2,(H,18,21). The lowest BCUT2D eigenvalue weighted by Gasteiger charge is -2.36. The van der Waals surface area contributed by atoms with Crippen LogP contribution in [0.4, 0.5) is 5.69 Å². The molecule has 1 N–H and O–H groups in total. The van der Waals surface area contributed by atoms with Crippen molar-refractivity contribution in [2.24, 2.45) is 0 Å². The van der Waals surface area contributed by atoms with Crippen molar-refractivity contribution in [1.82, 2.24) is 10.2 Å². The maximum absolute atomic E-state index is 12.1. The van der Waals surface area contributed by atoms with E-state index in [1.807, 2.05) is 18.2 Å². The second kappa shape index (κ2) is 8.95. The highest BCUT2D eigenvalue weighted by Crippen LogP contribution is 2.15. The number of hydrogen-bond donors (Lipinski definition) is 1. The Labute approximate surface area is 136 Å². The summed E-state index contributed by atoms with van der Waals surface area (Å²) in [5, 5.41) is 2.60. The molecular weight excluding hydrogens is 294 g/mol. The fourth-order valence-electron chi connectivity index (χ4n) is 2.41. The highest BCUT2D eigenvalue weighted by atomic mass is 16.5. The molecule has 2 rings (SSSR count). The lowest BCUT2D eigenvalue weighted by atomic mass is 10.2. The first-order chi connectivity index (χ1) is 11.2. The van der Waals surface area contributed by atoms with E-state index < -0.39 is 0 Å². The van der Waals surface area contributed by atoms with Gasteiger partial charge in [-0.15, -0.1) is 6.58 Å². The van der Waals surface area contributed by atoms with Gasteiger partial charge in [0.2, 0.25) is 11.8 Å². The quantitative estimate of drug-likeness (QED) is 0.750. The lowest BCUT2D eigenvalue weighted by molar-refractivity contribution is -0.138. The zero-order chi connectivity index (χ0) is 16.5.